The molecule has 7 heteroatoms. The number of hydrogen-bond donors (Lipinski definition) is 1. The van der Waals surface area contributed by atoms with Crippen molar-refractivity contribution in [3.05, 3.63) is 41.5 Å². The van der Waals surface area contributed by atoms with Crippen molar-refractivity contribution in [2.45, 2.75) is 0 Å². The van der Waals surface area contributed by atoms with Crippen molar-refractivity contribution in [3.63, 3.8) is 0 Å². The highest BCUT2D eigenvalue weighted by Gasteiger charge is 2.20. The number of nitrogens with two attached hydrogens (primary N) is 1. The molecule has 1 aliphatic rings. The molecule has 0 spiro atoms. The molecule has 0 radical (unpaired) electrons. The van der Waals surface area contributed by atoms with Crippen LogP contribution in [0.4, 0.5) is 0 Å². The average molecular weight is 331 g/mol. The predicted molar refractivity (Wildman–Crippen MR) is 89.0 cm³/mol. The Morgan fingerprint density at radius 1 is 1.12 bits per heavy atom. The van der Waals surface area contributed by atoms with Crippen LogP contribution in [-0.2, 0) is 14.3 Å². The molecule has 0 unspecified atom stereocenters. The van der Waals surface area contributed by atoms with Gasteiger partial charge in [0, 0.05) is 32.3 Å². The number of primary amides is 1. The molecule has 0 aliphatic carbocycles. The SMILES string of the molecule is COC(=O)c1ccc(/C=C\C(=O)N2CCN(CC(N)=O)CC2)cc1. The van der Waals surface area contributed by atoms with E-state index in [1.807, 2.05) is 4.90 Å². The lowest BCUT2D eigenvalue weighted by molar-refractivity contribution is -0.128. The standard InChI is InChI=1S/C17H21N3O4/c1-24-17(23)14-5-2-13(3-6-14)4-7-16(22)20-10-8-19(9-11-20)12-15(18)21/h2-7H,8-12H2,1H3,(H2,18,21)/b7-4-. The van der Waals surface area contributed by atoms with Gasteiger partial charge in [-0.3, -0.25) is 14.5 Å². The molecule has 0 bridgehead atoms. The molecule has 1 aliphatic heterocycles. The van der Waals surface area contributed by atoms with E-state index in [-0.39, 0.29) is 18.4 Å². The van der Waals surface area contributed by atoms with Crippen molar-refractivity contribution in [2.75, 3.05) is 39.8 Å². The number of ether oxygens (including phenoxy) is 1. The van der Waals surface area contributed by atoms with E-state index in [9.17, 15) is 14.4 Å². The van der Waals surface area contributed by atoms with Crippen LogP contribution in [0.3, 0.4) is 0 Å². The fourth-order valence-corrected chi connectivity index (χ4v) is 2.47. The second-order valence-electron chi connectivity index (χ2n) is 5.51. The van der Waals surface area contributed by atoms with Crippen LogP contribution in [0, 0.1) is 0 Å². The number of piperazine rings is 1. The van der Waals surface area contributed by atoms with E-state index in [0.717, 1.165) is 5.56 Å². The highest BCUT2D eigenvalue weighted by Crippen LogP contribution is 2.08. The fraction of sp³-hybridized carbons (Fsp3) is 0.353. The Bertz CT molecular complexity index is 632. The fourth-order valence-electron chi connectivity index (χ4n) is 2.47. The lowest BCUT2D eigenvalue weighted by Gasteiger charge is -2.33. The highest BCUT2D eigenvalue weighted by molar-refractivity contribution is 5.92. The second-order valence-corrected chi connectivity index (χ2v) is 5.51. The second kappa shape index (κ2) is 8.26. The normalized spacial score (nSPS) is 15.5. The Balaban J connectivity index is 1.87. The minimum absolute atomic E-state index is 0.0780. The molecule has 0 saturated carbocycles. The number of carbonyl (C=O) groups is 3. The van der Waals surface area contributed by atoms with Crippen molar-refractivity contribution in [3.8, 4) is 0 Å². The Hall–Kier alpha value is -2.67. The number of hydrogen-bond acceptors (Lipinski definition) is 5. The highest BCUT2D eigenvalue weighted by atomic mass is 16.5. The number of nitrogens with zero attached hydrogens (tertiary/aromatic N) is 2. The van der Waals surface area contributed by atoms with Gasteiger partial charge in [0.2, 0.25) is 11.8 Å². The van der Waals surface area contributed by atoms with Gasteiger partial charge in [0.25, 0.3) is 0 Å². The van der Waals surface area contributed by atoms with Crippen LogP contribution >= 0.6 is 0 Å². The summed E-state index contributed by atoms with van der Waals surface area (Å²) in [6, 6.07) is 6.80. The number of methoxy groups -OCH3 is 1. The van der Waals surface area contributed by atoms with Crippen LogP contribution in [0.25, 0.3) is 6.08 Å². The van der Waals surface area contributed by atoms with Crippen LogP contribution in [0.5, 0.6) is 0 Å². The molecule has 2 N–H and O–H groups in total. The Labute approximate surface area is 140 Å². The molecule has 1 heterocycles. The van der Waals surface area contributed by atoms with Crippen LogP contribution < -0.4 is 5.73 Å². The first-order chi connectivity index (χ1) is 11.5. The monoisotopic (exact) mass is 331 g/mol. The molecular weight excluding hydrogens is 310 g/mol. The zero-order chi connectivity index (χ0) is 17.5. The summed E-state index contributed by atoms with van der Waals surface area (Å²) in [6.07, 6.45) is 3.22. The van der Waals surface area contributed by atoms with Gasteiger partial charge < -0.3 is 15.4 Å². The van der Waals surface area contributed by atoms with Crippen molar-refractivity contribution in [1.29, 1.82) is 0 Å². The molecular formula is C17H21N3O4. The predicted octanol–water partition coefficient (Wildman–Crippen LogP) is 0.116. The summed E-state index contributed by atoms with van der Waals surface area (Å²) in [5, 5.41) is 0. The van der Waals surface area contributed by atoms with Gasteiger partial charge in [0.1, 0.15) is 0 Å². The Morgan fingerprint density at radius 3 is 2.29 bits per heavy atom. The molecule has 0 atom stereocenters. The maximum absolute atomic E-state index is 12.2. The topological polar surface area (TPSA) is 92.9 Å². The zero-order valence-corrected chi connectivity index (χ0v) is 13.6. The van der Waals surface area contributed by atoms with Crippen molar-refractivity contribution >= 4 is 23.9 Å². The van der Waals surface area contributed by atoms with Gasteiger partial charge in [-0.05, 0) is 23.8 Å². The minimum Gasteiger partial charge on any atom is -0.465 e. The summed E-state index contributed by atoms with van der Waals surface area (Å²) >= 11 is 0. The van der Waals surface area contributed by atoms with Crippen molar-refractivity contribution < 1.29 is 19.1 Å². The summed E-state index contributed by atoms with van der Waals surface area (Å²) in [7, 11) is 1.33. The van der Waals surface area contributed by atoms with Gasteiger partial charge in [0.05, 0.1) is 19.2 Å². The molecule has 128 valence electrons. The molecule has 1 aromatic carbocycles. The maximum Gasteiger partial charge on any atom is 0.337 e. The van der Waals surface area contributed by atoms with Crippen LogP contribution in [0.15, 0.2) is 30.3 Å². The maximum atomic E-state index is 12.2. The van der Waals surface area contributed by atoms with Gasteiger partial charge in [0.15, 0.2) is 0 Å². The first kappa shape index (κ1) is 17.7. The van der Waals surface area contributed by atoms with E-state index in [2.05, 4.69) is 4.74 Å². The van der Waals surface area contributed by atoms with E-state index < -0.39 is 5.97 Å². The van der Waals surface area contributed by atoms with E-state index in [0.29, 0.717) is 31.7 Å². The lowest BCUT2D eigenvalue weighted by atomic mass is 10.1. The van der Waals surface area contributed by atoms with Crippen LogP contribution in [0.1, 0.15) is 15.9 Å². The van der Waals surface area contributed by atoms with Gasteiger partial charge >= 0.3 is 5.97 Å². The van der Waals surface area contributed by atoms with E-state index in [1.165, 1.54) is 13.2 Å². The number of esters is 1. The largest absolute Gasteiger partial charge is 0.465 e. The molecule has 2 rings (SSSR count). The van der Waals surface area contributed by atoms with Gasteiger partial charge in [-0.2, -0.15) is 0 Å². The van der Waals surface area contributed by atoms with Crippen molar-refractivity contribution in [1.82, 2.24) is 9.80 Å². The molecule has 1 fully saturated rings. The number of amides is 2. The smallest absolute Gasteiger partial charge is 0.337 e. The summed E-state index contributed by atoms with van der Waals surface area (Å²) in [5.74, 6) is -0.828. The number of benzene rings is 1. The van der Waals surface area contributed by atoms with Crippen LogP contribution in [0.2, 0.25) is 0 Å². The first-order valence-corrected chi connectivity index (χ1v) is 7.65. The average Bonchev–Trinajstić information content (AvgIpc) is 2.59. The summed E-state index contributed by atoms with van der Waals surface area (Å²) in [6.45, 7) is 2.63. The molecule has 1 aromatic rings. The third-order valence-electron chi connectivity index (χ3n) is 3.81. The molecule has 0 aromatic heterocycles. The molecule has 24 heavy (non-hydrogen) atoms. The molecule has 7 nitrogen and oxygen atoms in total. The van der Waals surface area contributed by atoms with Gasteiger partial charge in [-0.25, -0.2) is 4.79 Å². The first-order valence-electron chi connectivity index (χ1n) is 7.65. The molecule has 1 saturated heterocycles. The van der Waals surface area contributed by atoms with E-state index >= 15 is 0 Å². The van der Waals surface area contributed by atoms with Gasteiger partial charge in [-0.15, -0.1) is 0 Å². The van der Waals surface area contributed by atoms with E-state index in [4.69, 9.17) is 5.73 Å². The minimum atomic E-state index is -0.393. The number of rotatable bonds is 5. The third-order valence-corrected chi connectivity index (χ3v) is 3.81. The molecule has 2 amide bonds. The summed E-state index contributed by atoms with van der Waals surface area (Å²) in [5.41, 5.74) is 6.45. The van der Waals surface area contributed by atoms with E-state index in [1.54, 1.807) is 35.2 Å². The van der Waals surface area contributed by atoms with Crippen LogP contribution in [-0.4, -0.2) is 67.4 Å². The van der Waals surface area contributed by atoms with Crippen molar-refractivity contribution in [2.24, 2.45) is 5.73 Å². The zero-order valence-electron chi connectivity index (χ0n) is 13.6. The third kappa shape index (κ3) is 4.92. The lowest BCUT2D eigenvalue weighted by Crippen LogP contribution is -2.50. The number of carbonyl (C=O) groups excluding carboxylic acids is 3. The summed E-state index contributed by atoms with van der Waals surface area (Å²) < 4.78 is 4.64. The quantitative estimate of drug-likeness (QED) is 0.611. The Morgan fingerprint density at radius 2 is 1.75 bits per heavy atom. The Kier molecular flexibility index (Phi) is 6.08. The summed E-state index contributed by atoms with van der Waals surface area (Å²) in [4.78, 5) is 38.1. The van der Waals surface area contributed by atoms with Gasteiger partial charge in [-0.1, -0.05) is 12.1 Å².